The van der Waals surface area contributed by atoms with Crippen LogP contribution in [0.3, 0.4) is 0 Å². The molecule has 200 valence electrons. The van der Waals surface area contributed by atoms with Crippen molar-refractivity contribution in [2.24, 2.45) is 5.92 Å². The first kappa shape index (κ1) is 26.9. The first-order valence-electron chi connectivity index (χ1n) is 11.2. The van der Waals surface area contributed by atoms with Gasteiger partial charge in [-0.3, -0.25) is 13.7 Å². The Morgan fingerprint density at radius 1 is 1.11 bits per heavy atom. The molecule has 13 nitrogen and oxygen atoms in total. The molecule has 16 heteroatoms. The number of sulfonamides is 1. The van der Waals surface area contributed by atoms with Crippen molar-refractivity contribution in [2.45, 2.75) is 37.0 Å². The Morgan fingerprint density at radius 2 is 1.76 bits per heavy atom. The van der Waals surface area contributed by atoms with Crippen molar-refractivity contribution in [3.8, 4) is 17.4 Å². The highest BCUT2D eigenvalue weighted by atomic mass is 35.5. The van der Waals surface area contributed by atoms with Gasteiger partial charge in [0.25, 0.3) is 0 Å². The molecule has 2 unspecified atom stereocenters. The largest absolute Gasteiger partial charge is 0.479 e. The number of anilines is 1. The first-order chi connectivity index (χ1) is 17.7. The summed E-state index contributed by atoms with van der Waals surface area (Å²) in [6.07, 6.45) is 4.21. The maximum Gasteiger partial charge on any atom is 0.245 e. The van der Waals surface area contributed by atoms with Crippen LogP contribution in [-0.2, 0) is 14.8 Å². The maximum absolute atomic E-state index is 13.6. The normalized spacial score (nSPS) is 19.1. The molecule has 0 aliphatic heterocycles. The Morgan fingerprint density at radius 3 is 2.27 bits per heavy atom. The van der Waals surface area contributed by atoms with Crippen LogP contribution in [0.5, 0.6) is 11.8 Å². The molecule has 1 aliphatic rings. The Balaban J connectivity index is 1.78. The second-order valence-corrected chi connectivity index (χ2v) is 10.8. The van der Waals surface area contributed by atoms with Gasteiger partial charge in [0.15, 0.2) is 11.5 Å². The van der Waals surface area contributed by atoms with E-state index in [0.717, 1.165) is 0 Å². The average molecular weight is 557 g/mol. The molecule has 0 radical (unpaired) electrons. The van der Waals surface area contributed by atoms with Crippen LogP contribution in [0.1, 0.15) is 43.4 Å². The number of ether oxygens (including phenoxy) is 3. The van der Waals surface area contributed by atoms with E-state index in [2.05, 4.69) is 34.9 Å². The van der Waals surface area contributed by atoms with Gasteiger partial charge in [-0.25, -0.2) is 18.4 Å². The quantitative estimate of drug-likeness (QED) is 0.370. The average Bonchev–Trinajstić information content (AvgIpc) is 3.25. The van der Waals surface area contributed by atoms with Gasteiger partial charge in [-0.1, -0.05) is 11.6 Å². The molecule has 1 N–H and O–H groups in total. The summed E-state index contributed by atoms with van der Waals surface area (Å²) in [7, 11) is -0.0472. The summed E-state index contributed by atoms with van der Waals surface area (Å²) >= 11 is 5.86. The van der Waals surface area contributed by atoms with E-state index in [4.69, 9.17) is 25.8 Å². The van der Waals surface area contributed by atoms with Gasteiger partial charge in [-0.15, -0.1) is 10.2 Å². The van der Waals surface area contributed by atoms with E-state index in [0.29, 0.717) is 23.7 Å². The van der Waals surface area contributed by atoms with Crippen molar-refractivity contribution in [3.05, 3.63) is 35.4 Å². The number of alkyl halides is 1. The molecule has 4 rings (SSSR count). The minimum atomic E-state index is -4.18. The summed E-state index contributed by atoms with van der Waals surface area (Å²) in [5.41, 5.74) is 0.173. The molecule has 37 heavy (non-hydrogen) atoms. The topological polar surface area (TPSA) is 156 Å². The lowest BCUT2D eigenvalue weighted by molar-refractivity contribution is 0.0950. The SMILES string of the molecule is COc1ncnc(OC)c1-n1c(NS(=O)(=O)[C@@H](C)[C@H](OC)c2ncc(Cl)cn2)nnc1C1CCC1CF. The van der Waals surface area contributed by atoms with Crippen molar-refractivity contribution in [1.29, 1.82) is 0 Å². The minimum absolute atomic E-state index is 0.0850. The molecular weight excluding hydrogens is 531 g/mol. The van der Waals surface area contributed by atoms with Crippen molar-refractivity contribution in [2.75, 3.05) is 32.7 Å². The lowest BCUT2D eigenvalue weighted by atomic mass is 9.74. The summed E-state index contributed by atoms with van der Waals surface area (Å²) in [6, 6.07) is 0. The van der Waals surface area contributed by atoms with E-state index in [-0.39, 0.29) is 41.1 Å². The Bertz CT molecular complexity index is 1320. The number of halogens is 2. The molecule has 3 heterocycles. The van der Waals surface area contributed by atoms with Crippen LogP contribution in [0.2, 0.25) is 5.02 Å². The van der Waals surface area contributed by atoms with Crippen LogP contribution in [0, 0.1) is 5.92 Å². The fourth-order valence-corrected chi connectivity index (χ4v) is 5.34. The Labute approximate surface area is 217 Å². The predicted molar refractivity (Wildman–Crippen MR) is 130 cm³/mol. The van der Waals surface area contributed by atoms with Crippen LogP contribution in [-0.4, -0.2) is 76.4 Å². The van der Waals surface area contributed by atoms with Crippen LogP contribution in [0.15, 0.2) is 18.7 Å². The zero-order chi connectivity index (χ0) is 26.7. The van der Waals surface area contributed by atoms with Crippen molar-refractivity contribution in [3.63, 3.8) is 0 Å². The number of hydrogen-bond acceptors (Lipinski definition) is 11. The monoisotopic (exact) mass is 556 g/mol. The third kappa shape index (κ3) is 5.15. The van der Waals surface area contributed by atoms with Crippen LogP contribution in [0.25, 0.3) is 5.69 Å². The van der Waals surface area contributed by atoms with E-state index < -0.39 is 28.1 Å². The molecule has 0 aromatic carbocycles. The number of aromatic nitrogens is 7. The van der Waals surface area contributed by atoms with E-state index in [1.807, 2.05) is 0 Å². The van der Waals surface area contributed by atoms with E-state index >= 15 is 0 Å². The number of nitrogens with one attached hydrogen (secondary N) is 1. The summed E-state index contributed by atoms with van der Waals surface area (Å²) in [4.78, 5) is 16.4. The minimum Gasteiger partial charge on any atom is -0.479 e. The second-order valence-electron chi connectivity index (χ2n) is 8.32. The summed E-state index contributed by atoms with van der Waals surface area (Å²) in [5.74, 6) is -0.139. The molecule has 1 saturated carbocycles. The van der Waals surface area contributed by atoms with Crippen molar-refractivity contribution >= 4 is 27.6 Å². The Kier molecular flexibility index (Phi) is 8.04. The fourth-order valence-electron chi connectivity index (χ4n) is 4.11. The predicted octanol–water partition coefficient (Wildman–Crippen LogP) is 2.50. The molecule has 1 fully saturated rings. The van der Waals surface area contributed by atoms with Gasteiger partial charge in [0.2, 0.25) is 27.7 Å². The molecule has 0 saturated heterocycles. The fraction of sp³-hybridized carbons (Fsp3) is 0.524. The van der Waals surface area contributed by atoms with Crippen LogP contribution < -0.4 is 14.2 Å². The first-order valence-corrected chi connectivity index (χ1v) is 13.1. The molecule has 3 aromatic heterocycles. The van der Waals surface area contributed by atoms with E-state index in [9.17, 15) is 12.8 Å². The highest BCUT2D eigenvalue weighted by Crippen LogP contribution is 2.45. The van der Waals surface area contributed by atoms with Gasteiger partial charge in [-0.2, -0.15) is 9.97 Å². The molecular formula is C21H26ClFN8O5S. The summed E-state index contributed by atoms with van der Waals surface area (Å²) < 4.78 is 60.7. The van der Waals surface area contributed by atoms with Gasteiger partial charge in [-0.05, 0) is 25.7 Å². The number of rotatable bonds is 11. The number of nitrogens with zero attached hydrogens (tertiary/aromatic N) is 7. The second kappa shape index (κ2) is 11.1. The van der Waals surface area contributed by atoms with Gasteiger partial charge >= 0.3 is 0 Å². The molecule has 4 atom stereocenters. The van der Waals surface area contributed by atoms with E-state index in [1.54, 1.807) is 0 Å². The molecule has 3 aromatic rings. The van der Waals surface area contributed by atoms with Gasteiger partial charge in [0.1, 0.15) is 23.5 Å². The Hall–Kier alpha value is -3.17. The summed E-state index contributed by atoms with van der Waals surface area (Å²) in [6.45, 7) is 0.889. The zero-order valence-electron chi connectivity index (χ0n) is 20.5. The zero-order valence-corrected chi connectivity index (χ0v) is 22.1. The highest BCUT2D eigenvalue weighted by molar-refractivity contribution is 7.93. The lowest BCUT2D eigenvalue weighted by Crippen LogP contribution is -2.34. The van der Waals surface area contributed by atoms with Crippen LogP contribution in [0.4, 0.5) is 10.3 Å². The highest BCUT2D eigenvalue weighted by Gasteiger charge is 2.40. The number of methoxy groups -OCH3 is 3. The maximum atomic E-state index is 13.6. The van der Waals surface area contributed by atoms with Gasteiger partial charge in [0, 0.05) is 25.4 Å². The van der Waals surface area contributed by atoms with Crippen molar-refractivity contribution < 1.29 is 27.0 Å². The van der Waals surface area contributed by atoms with Gasteiger partial charge < -0.3 is 14.2 Å². The van der Waals surface area contributed by atoms with Crippen LogP contribution >= 0.6 is 11.6 Å². The standard InChI is InChI=1S/C21H26ClFN8O5S/c1-11(16(34-2)17-24-8-13(22)9-25-17)37(32,33)30-21-29-28-18(14-6-5-12(14)7-23)31(21)15-19(35-3)26-10-27-20(15)36-4/h8-12,14,16H,5-7H2,1-4H3,(H,29,30)/t11-,12?,14?,16-/m0/s1. The van der Waals surface area contributed by atoms with Crippen molar-refractivity contribution in [1.82, 2.24) is 34.7 Å². The smallest absolute Gasteiger partial charge is 0.245 e. The third-order valence-corrected chi connectivity index (χ3v) is 8.19. The molecule has 0 bridgehead atoms. The molecule has 1 aliphatic carbocycles. The molecule has 0 amide bonds. The summed E-state index contributed by atoms with van der Waals surface area (Å²) in [5, 5.41) is 7.44. The lowest BCUT2D eigenvalue weighted by Gasteiger charge is -2.34. The third-order valence-electron chi connectivity index (χ3n) is 6.30. The number of hydrogen-bond donors (Lipinski definition) is 1. The van der Waals surface area contributed by atoms with Gasteiger partial charge in [0.05, 0.1) is 25.9 Å². The molecule has 0 spiro atoms. The van der Waals surface area contributed by atoms with E-state index in [1.165, 1.54) is 51.5 Å².